The summed E-state index contributed by atoms with van der Waals surface area (Å²) in [5.74, 6) is 0. The van der Waals surface area contributed by atoms with Gasteiger partial charge in [0.05, 0.1) is 5.41 Å². The molecule has 3 aliphatic rings. The van der Waals surface area contributed by atoms with Crippen molar-refractivity contribution < 1.29 is 0 Å². The normalized spacial score (nSPS) is 14.3. The minimum atomic E-state index is -0.452. The largest absolute Gasteiger partial charge is 0.310 e. The average molecular weight is 834 g/mol. The summed E-state index contributed by atoms with van der Waals surface area (Å²) < 4.78 is 0. The Balaban J connectivity index is 0.994. The van der Waals surface area contributed by atoms with Crippen LogP contribution in [0.15, 0.2) is 234 Å². The molecule has 0 saturated heterocycles. The smallest absolute Gasteiger partial charge is 0.0735 e. The third kappa shape index (κ3) is 5.27. The minimum absolute atomic E-state index is 0.113. The molecule has 2 heteroatoms. The van der Waals surface area contributed by atoms with Gasteiger partial charge in [-0.3, -0.25) is 0 Å². The molecular weight excluding hydrogens is 791 g/mol. The van der Waals surface area contributed by atoms with Gasteiger partial charge in [-0.15, -0.1) is 0 Å². The van der Waals surface area contributed by atoms with Crippen molar-refractivity contribution in [1.29, 1.82) is 0 Å². The molecule has 0 aromatic heterocycles. The van der Waals surface area contributed by atoms with E-state index in [1.807, 2.05) is 11.8 Å². The van der Waals surface area contributed by atoms with E-state index in [1.165, 1.54) is 98.5 Å². The van der Waals surface area contributed by atoms with Crippen molar-refractivity contribution >= 4 is 39.6 Å². The summed E-state index contributed by atoms with van der Waals surface area (Å²) in [5, 5.41) is 2.55. The van der Waals surface area contributed by atoms with Gasteiger partial charge in [0.1, 0.15) is 0 Å². The zero-order valence-electron chi connectivity index (χ0n) is 35.7. The first-order valence-corrected chi connectivity index (χ1v) is 23.2. The Morgan fingerprint density at radius 1 is 0.344 bits per heavy atom. The molecule has 0 radical (unpaired) electrons. The van der Waals surface area contributed by atoms with Crippen LogP contribution >= 0.6 is 11.8 Å². The number of hydrogen-bond acceptors (Lipinski definition) is 2. The molecule has 1 aliphatic heterocycles. The predicted octanol–water partition coefficient (Wildman–Crippen LogP) is 16.8. The van der Waals surface area contributed by atoms with Crippen LogP contribution < -0.4 is 4.90 Å². The van der Waals surface area contributed by atoms with E-state index < -0.39 is 5.41 Å². The fraction of sp³-hybridized carbons (Fsp3) is 0.0645. The van der Waals surface area contributed by atoms with Crippen molar-refractivity contribution in [2.24, 2.45) is 0 Å². The van der Waals surface area contributed by atoms with Crippen LogP contribution in [0.25, 0.3) is 55.3 Å². The monoisotopic (exact) mass is 833 g/mol. The minimum Gasteiger partial charge on any atom is -0.310 e. The van der Waals surface area contributed by atoms with Gasteiger partial charge >= 0.3 is 0 Å². The van der Waals surface area contributed by atoms with Gasteiger partial charge in [0.15, 0.2) is 0 Å². The van der Waals surface area contributed by atoms with E-state index in [1.54, 1.807) is 0 Å². The second kappa shape index (κ2) is 14.1. The van der Waals surface area contributed by atoms with Crippen molar-refractivity contribution in [1.82, 2.24) is 0 Å². The lowest BCUT2D eigenvalue weighted by Gasteiger charge is -2.39. The quantitative estimate of drug-likeness (QED) is 0.170. The molecule has 64 heavy (non-hydrogen) atoms. The van der Waals surface area contributed by atoms with Crippen LogP contribution in [0.1, 0.15) is 47.2 Å². The highest BCUT2D eigenvalue weighted by Gasteiger charge is 2.51. The Hall–Kier alpha value is -7.39. The van der Waals surface area contributed by atoms with Gasteiger partial charge in [-0.25, -0.2) is 0 Å². The van der Waals surface area contributed by atoms with Gasteiger partial charge in [-0.2, -0.15) is 0 Å². The van der Waals surface area contributed by atoms with Crippen molar-refractivity contribution in [3.05, 3.63) is 258 Å². The molecule has 0 bridgehead atoms. The second-order valence-electron chi connectivity index (χ2n) is 18.0. The number of benzene rings is 10. The highest BCUT2D eigenvalue weighted by Crippen LogP contribution is 2.64. The Bertz CT molecular complexity index is 3440. The fourth-order valence-corrected chi connectivity index (χ4v) is 12.6. The lowest BCUT2D eigenvalue weighted by Crippen LogP contribution is -2.31. The van der Waals surface area contributed by atoms with Gasteiger partial charge in [-0.05, 0) is 137 Å². The highest BCUT2D eigenvalue weighted by molar-refractivity contribution is 7.99. The third-order valence-electron chi connectivity index (χ3n) is 14.3. The highest BCUT2D eigenvalue weighted by atomic mass is 32.2. The molecule has 0 unspecified atom stereocenters. The molecule has 13 rings (SSSR count). The third-order valence-corrected chi connectivity index (χ3v) is 15.5. The fourth-order valence-electron chi connectivity index (χ4n) is 11.5. The van der Waals surface area contributed by atoms with E-state index in [4.69, 9.17) is 0 Å². The summed E-state index contributed by atoms with van der Waals surface area (Å²) in [6.07, 6.45) is 0. The summed E-state index contributed by atoms with van der Waals surface area (Å²) in [6, 6.07) is 83.9. The topological polar surface area (TPSA) is 3.24 Å². The lowest BCUT2D eigenvalue weighted by molar-refractivity contribution is 0.660. The Morgan fingerprint density at radius 2 is 0.875 bits per heavy atom. The van der Waals surface area contributed by atoms with Crippen molar-refractivity contribution in [2.75, 3.05) is 4.90 Å². The molecule has 1 nitrogen and oxygen atoms in total. The van der Waals surface area contributed by atoms with Crippen molar-refractivity contribution in [3.63, 3.8) is 0 Å². The number of rotatable bonds is 5. The van der Waals surface area contributed by atoms with E-state index in [9.17, 15) is 0 Å². The Kier molecular flexibility index (Phi) is 8.17. The summed E-state index contributed by atoms with van der Waals surface area (Å²) in [6.45, 7) is 4.73. The van der Waals surface area contributed by atoms with Crippen LogP contribution in [0.2, 0.25) is 0 Å². The molecular formula is C62H43NS. The second-order valence-corrected chi connectivity index (χ2v) is 19.1. The molecule has 2 aliphatic carbocycles. The van der Waals surface area contributed by atoms with E-state index in [2.05, 4.69) is 243 Å². The van der Waals surface area contributed by atoms with Gasteiger partial charge in [0.25, 0.3) is 0 Å². The van der Waals surface area contributed by atoms with Crippen molar-refractivity contribution in [3.8, 4) is 44.5 Å². The van der Waals surface area contributed by atoms with Gasteiger partial charge in [0.2, 0.25) is 0 Å². The van der Waals surface area contributed by atoms with Gasteiger partial charge in [0, 0.05) is 32.3 Å². The first-order valence-electron chi connectivity index (χ1n) is 22.3. The van der Waals surface area contributed by atoms with Gasteiger partial charge < -0.3 is 4.90 Å². The average Bonchev–Trinajstić information content (AvgIpc) is 3.78. The predicted molar refractivity (Wildman–Crippen MR) is 268 cm³/mol. The summed E-state index contributed by atoms with van der Waals surface area (Å²) in [5.41, 5.74) is 21.2. The summed E-state index contributed by atoms with van der Waals surface area (Å²) in [4.78, 5) is 5.07. The van der Waals surface area contributed by atoms with Gasteiger partial charge in [-0.1, -0.05) is 202 Å². The van der Waals surface area contributed by atoms with Crippen molar-refractivity contribution in [2.45, 2.75) is 34.5 Å². The summed E-state index contributed by atoms with van der Waals surface area (Å²) >= 11 is 1.90. The number of nitrogens with zero attached hydrogens (tertiary/aromatic N) is 1. The molecule has 1 spiro atoms. The molecule has 0 atom stereocenters. The first kappa shape index (κ1) is 37.2. The van der Waals surface area contributed by atoms with Crippen LogP contribution in [-0.2, 0) is 10.8 Å². The number of fused-ring (bicyclic) bond motifs is 14. The number of hydrogen-bond donors (Lipinski definition) is 0. The maximum atomic E-state index is 2.43. The standard InChI is InChI=1S/C62H43NS/c1-61(2)51-21-9-8-19-49(51)50-37-36-46(39-56(50)61)63(44-32-27-41(28-33-44)40-15-4-3-5-16-40)45-34-29-43(30-35-45)48-20-14-24-54-59(48)60-47-18-7-6-17-42(47)31-38-55(60)62(54)52-22-10-12-25-57(52)64-58-26-13-11-23-53(58)62/h3-39H,1-2H3. The van der Waals surface area contributed by atoms with E-state index in [0.29, 0.717) is 0 Å². The zero-order chi connectivity index (χ0) is 42.6. The molecule has 0 fully saturated rings. The molecule has 1 heterocycles. The summed E-state index contributed by atoms with van der Waals surface area (Å²) in [7, 11) is 0. The molecule has 0 N–H and O–H groups in total. The molecule has 10 aromatic carbocycles. The molecule has 10 aromatic rings. The zero-order valence-corrected chi connectivity index (χ0v) is 36.5. The molecule has 0 saturated carbocycles. The lowest BCUT2D eigenvalue weighted by atomic mass is 9.67. The maximum Gasteiger partial charge on any atom is 0.0735 e. The maximum absolute atomic E-state index is 2.43. The molecule has 302 valence electrons. The van der Waals surface area contributed by atoms with Crippen LogP contribution in [0.3, 0.4) is 0 Å². The Labute approximate surface area is 379 Å². The number of anilines is 3. The van der Waals surface area contributed by atoms with E-state index in [0.717, 1.165) is 17.1 Å². The SMILES string of the molecule is CC1(C)c2ccccc2-c2ccc(N(c3ccc(-c4ccccc4)cc3)c3ccc(-c4cccc5c4-c4c(ccc6ccccc46)C54c5ccccc5Sc5ccccc54)cc3)cc21. The van der Waals surface area contributed by atoms with Crippen LogP contribution in [-0.4, -0.2) is 0 Å². The molecule has 0 amide bonds. The van der Waals surface area contributed by atoms with Crippen LogP contribution in [0.5, 0.6) is 0 Å². The van der Waals surface area contributed by atoms with E-state index in [-0.39, 0.29) is 5.41 Å². The van der Waals surface area contributed by atoms with Crippen LogP contribution in [0, 0.1) is 0 Å². The van der Waals surface area contributed by atoms with Crippen LogP contribution in [0.4, 0.5) is 17.1 Å². The van der Waals surface area contributed by atoms with E-state index >= 15 is 0 Å². The first-order chi connectivity index (χ1) is 31.5. The Morgan fingerprint density at radius 3 is 1.61 bits per heavy atom.